The van der Waals surface area contributed by atoms with Crippen molar-refractivity contribution in [1.29, 1.82) is 0 Å². The molecule has 3 nitrogen and oxygen atoms in total. The molecule has 0 heterocycles. The molecule has 0 aliphatic heterocycles. The monoisotopic (exact) mass is 341 g/mol. The molecule has 0 unspecified atom stereocenters. The summed E-state index contributed by atoms with van der Waals surface area (Å²) in [7, 11) is 0. The number of carboxylic acid groups (broad SMARTS) is 1. The van der Waals surface area contributed by atoms with Crippen LogP contribution in [-0.4, -0.2) is 23.7 Å². The summed E-state index contributed by atoms with van der Waals surface area (Å²) in [4.78, 5) is 13.5. The molecular formula is C16H24BrNO2. The van der Waals surface area contributed by atoms with Gasteiger partial charge in [-0.3, -0.25) is 0 Å². The lowest BCUT2D eigenvalue weighted by Crippen LogP contribution is -2.37. The van der Waals surface area contributed by atoms with Gasteiger partial charge in [0.05, 0.1) is 5.56 Å². The minimum atomic E-state index is -0.902. The van der Waals surface area contributed by atoms with Crippen molar-refractivity contribution < 1.29 is 9.90 Å². The summed E-state index contributed by atoms with van der Waals surface area (Å²) in [6.45, 7) is 9.78. The highest BCUT2D eigenvalue weighted by molar-refractivity contribution is 9.10. The minimum absolute atomic E-state index is 0.308. The maximum absolute atomic E-state index is 11.1. The average molecular weight is 342 g/mol. The van der Waals surface area contributed by atoms with Crippen LogP contribution in [-0.2, 0) is 0 Å². The van der Waals surface area contributed by atoms with Crippen LogP contribution in [0.25, 0.3) is 0 Å². The van der Waals surface area contributed by atoms with E-state index in [1.54, 1.807) is 6.07 Å². The van der Waals surface area contributed by atoms with Crippen molar-refractivity contribution in [1.82, 2.24) is 0 Å². The smallest absolute Gasteiger partial charge is 0.336 e. The maximum Gasteiger partial charge on any atom is 0.336 e. The molecule has 0 aliphatic rings. The standard InChI is InChI=1S/C16H24BrNO2/c1-5-12(6-2)18(10-11(3)4)13-7-8-14(16(19)20)15(17)9-13/h7-9,11-12H,5-6,10H2,1-4H3,(H,19,20). The van der Waals surface area contributed by atoms with Gasteiger partial charge in [0.25, 0.3) is 0 Å². The fourth-order valence-electron chi connectivity index (χ4n) is 2.44. The van der Waals surface area contributed by atoms with Gasteiger partial charge >= 0.3 is 5.97 Å². The highest BCUT2D eigenvalue weighted by Crippen LogP contribution is 2.27. The fourth-order valence-corrected chi connectivity index (χ4v) is 2.98. The Morgan fingerprint density at radius 2 is 1.90 bits per heavy atom. The fraction of sp³-hybridized carbons (Fsp3) is 0.562. The van der Waals surface area contributed by atoms with E-state index in [-0.39, 0.29) is 0 Å². The summed E-state index contributed by atoms with van der Waals surface area (Å²) in [5.41, 5.74) is 1.40. The summed E-state index contributed by atoms with van der Waals surface area (Å²) in [6, 6.07) is 6.00. The number of anilines is 1. The van der Waals surface area contributed by atoms with Crippen LogP contribution in [0.1, 0.15) is 50.9 Å². The Balaban J connectivity index is 3.13. The maximum atomic E-state index is 11.1. The molecule has 20 heavy (non-hydrogen) atoms. The van der Waals surface area contributed by atoms with Crippen LogP contribution < -0.4 is 4.90 Å². The van der Waals surface area contributed by atoms with Gasteiger partial charge in [-0.15, -0.1) is 0 Å². The van der Waals surface area contributed by atoms with Crippen molar-refractivity contribution in [2.24, 2.45) is 5.92 Å². The molecule has 0 saturated carbocycles. The third-order valence-corrected chi connectivity index (χ3v) is 4.12. The van der Waals surface area contributed by atoms with Crippen LogP contribution >= 0.6 is 15.9 Å². The predicted molar refractivity (Wildman–Crippen MR) is 87.7 cm³/mol. The topological polar surface area (TPSA) is 40.5 Å². The second-order valence-corrected chi connectivity index (χ2v) is 6.34. The van der Waals surface area contributed by atoms with E-state index in [9.17, 15) is 4.79 Å². The molecule has 4 heteroatoms. The Hall–Kier alpha value is -1.03. The van der Waals surface area contributed by atoms with Crippen LogP contribution in [0.3, 0.4) is 0 Å². The Morgan fingerprint density at radius 3 is 2.30 bits per heavy atom. The number of carbonyl (C=O) groups is 1. The van der Waals surface area contributed by atoms with Gasteiger partial charge in [0.2, 0.25) is 0 Å². The van der Waals surface area contributed by atoms with Gasteiger partial charge in [0.15, 0.2) is 0 Å². The van der Waals surface area contributed by atoms with E-state index in [1.807, 2.05) is 12.1 Å². The van der Waals surface area contributed by atoms with E-state index in [0.29, 0.717) is 22.0 Å². The molecule has 0 aliphatic carbocycles. The van der Waals surface area contributed by atoms with Crippen LogP contribution in [0.5, 0.6) is 0 Å². The summed E-state index contributed by atoms with van der Waals surface area (Å²) in [5.74, 6) is -0.338. The van der Waals surface area contributed by atoms with Crippen molar-refractivity contribution >= 4 is 27.6 Å². The van der Waals surface area contributed by atoms with Crippen LogP contribution in [0, 0.1) is 5.92 Å². The minimum Gasteiger partial charge on any atom is -0.478 e. The van der Waals surface area contributed by atoms with Crippen LogP contribution in [0.15, 0.2) is 22.7 Å². The zero-order valence-electron chi connectivity index (χ0n) is 12.7. The lowest BCUT2D eigenvalue weighted by atomic mass is 10.1. The number of hydrogen-bond donors (Lipinski definition) is 1. The molecular weight excluding hydrogens is 318 g/mol. The second-order valence-electron chi connectivity index (χ2n) is 5.49. The normalized spacial score (nSPS) is 11.2. The molecule has 1 aromatic rings. The number of carboxylic acids is 1. The first-order valence-electron chi connectivity index (χ1n) is 7.20. The molecule has 0 bridgehead atoms. The number of aromatic carboxylic acids is 1. The molecule has 0 atom stereocenters. The van der Waals surface area contributed by atoms with E-state index in [1.165, 1.54) is 0 Å². The molecule has 0 spiro atoms. The van der Waals surface area contributed by atoms with Crippen molar-refractivity contribution in [2.75, 3.05) is 11.4 Å². The molecule has 0 radical (unpaired) electrons. The Morgan fingerprint density at radius 1 is 1.30 bits per heavy atom. The van der Waals surface area contributed by atoms with E-state index in [4.69, 9.17) is 5.11 Å². The first-order valence-corrected chi connectivity index (χ1v) is 7.99. The highest BCUT2D eigenvalue weighted by Gasteiger charge is 2.18. The van der Waals surface area contributed by atoms with Gasteiger partial charge in [0, 0.05) is 22.7 Å². The molecule has 1 rings (SSSR count). The van der Waals surface area contributed by atoms with E-state index < -0.39 is 5.97 Å². The Labute approximate surface area is 130 Å². The predicted octanol–water partition coefficient (Wildman–Crippen LogP) is 4.80. The molecule has 1 aromatic carbocycles. The van der Waals surface area contributed by atoms with E-state index in [2.05, 4.69) is 48.5 Å². The molecule has 0 aromatic heterocycles. The second kappa shape index (κ2) is 7.67. The first kappa shape index (κ1) is 17.0. The van der Waals surface area contributed by atoms with Crippen molar-refractivity contribution in [2.45, 2.75) is 46.6 Å². The highest BCUT2D eigenvalue weighted by atomic mass is 79.9. The van der Waals surface area contributed by atoms with Crippen molar-refractivity contribution in [3.05, 3.63) is 28.2 Å². The average Bonchev–Trinajstić information content (AvgIpc) is 2.37. The van der Waals surface area contributed by atoms with Gasteiger partial charge in [-0.1, -0.05) is 27.7 Å². The Kier molecular flexibility index (Phi) is 6.53. The SMILES string of the molecule is CCC(CC)N(CC(C)C)c1ccc(C(=O)O)c(Br)c1. The van der Waals surface area contributed by atoms with Gasteiger partial charge < -0.3 is 10.0 Å². The number of nitrogens with zero attached hydrogens (tertiary/aromatic N) is 1. The number of rotatable bonds is 7. The lowest BCUT2D eigenvalue weighted by Gasteiger charge is -2.34. The molecule has 0 fully saturated rings. The van der Waals surface area contributed by atoms with Crippen molar-refractivity contribution in [3.63, 3.8) is 0 Å². The summed E-state index contributed by atoms with van der Waals surface area (Å²) in [6.07, 6.45) is 2.17. The van der Waals surface area contributed by atoms with Gasteiger partial charge in [0.1, 0.15) is 0 Å². The van der Waals surface area contributed by atoms with Crippen LogP contribution in [0.2, 0.25) is 0 Å². The molecule has 0 saturated heterocycles. The summed E-state index contributed by atoms with van der Waals surface area (Å²) < 4.78 is 0.641. The lowest BCUT2D eigenvalue weighted by molar-refractivity contribution is 0.0696. The van der Waals surface area contributed by atoms with Gasteiger partial charge in [-0.25, -0.2) is 4.79 Å². The summed E-state index contributed by atoms with van der Waals surface area (Å²) in [5, 5.41) is 9.10. The quantitative estimate of drug-likeness (QED) is 0.774. The first-order chi connectivity index (χ1) is 9.40. The van der Waals surface area contributed by atoms with Crippen molar-refractivity contribution in [3.8, 4) is 0 Å². The molecule has 0 amide bonds. The largest absolute Gasteiger partial charge is 0.478 e. The van der Waals surface area contributed by atoms with Gasteiger partial charge in [-0.05, 0) is 52.9 Å². The zero-order valence-corrected chi connectivity index (χ0v) is 14.3. The Bertz CT molecular complexity index is 456. The van der Waals surface area contributed by atoms with E-state index in [0.717, 1.165) is 25.1 Å². The zero-order chi connectivity index (χ0) is 15.3. The van der Waals surface area contributed by atoms with Crippen LogP contribution in [0.4, 0.5) is 5.69 Å². The molecule has 112 valence electrons. The van der Waals surface area contributed by atoms with Gasteiger partial charge in [-0.2, -0.15) is 0 Å². The number of hydrogen-bond acceptors (Lipinski definition) is 2. The third kappa shape index (κ3) is 4.23. The van der Waals surface area contributed by atoms with E-state index >= 15 is 0 Å². The number of benzene rings is 1. The number of halogens is 1. The summed E-state index contributed by atoms with van der Waals surface area (Å²) >= 11 is 3.37. The molecule has 1 N–H and O–H groups in total. The third-order valence-electron chi connectivity index (χ3n) is 3.46.